The second kappa shape index (κ2) is 11.3. The molecular weight excluding hydrogens is 475 g/mol. The molecule has 1 aliphatic carbocycles. The van der Waals surface area contributed by atoms with Gasteiger partial charge in [-0.1, -0.05) is 31.6 Å². The van der Waals surface area contributed by atoms with Gasteiger partial charge in [-0.25, -0.2) is 4.39 Å². The fourth-order valence-corrected chi connectivity index (χ4v) is 5.36. The van der Waals surface area contributed by atoms with E-state index in [9.17, 15) is 35.5 Å². The molecule has 194 valence electrons. The van der Waals surface area contributed by atoms with Crippen molar-refractivity contribution in [3.63, 3.8) is 0 Å². The third-order valence-corrected chi connectivity index (χ3v) is 7.09. The minimum atomic E-state index is -4.81. The molecule has 0 bridgehead atoms. The lowest BCUT2D eigenvalue weighted by atomic mass is 9.78. The molecule has 4 atom stereocenters. The van der Waals surface area contributed by atoms with E-state index < -0.39 is 36.2 Å². The largest absolute Gasteiger partial charge is 0.416 e. The Morgan fingerprint density at radius 3 is 2.43 bits per heavy atom. The van der Waals surface area contributed by atoms with Crippen LogP contribution in [-0.2, 0) is 17.1 Å². The van der Waals surface area contributed by atoms with E-state index in [1.54, 1.807) is 19.1 Å². The number of aldehydes is 1. The molecule has 1 heterocycles. The molecule has 0 amide bonds. The maximum atomic E-state index is 13.9. The molecule has 9 heteroatoms. The summed E-state index contributed by atoms with van der Waals surface area (Å²) in [5.74, 6) is -0.0983. The summed E-state index contributed by atoms with van der Waals surface area (Å²) in [6, 6.07) is 0.507. The first-order chi connectivity index (χ1) is 16.5. The van der Waals surface area contributed by atoms with E-state index in [1.165, 1.54) is 0 Å². The van der Waals surface area contributed by atoms with Crippen LogP contribution in [-0.4, -0.2) is 30.4 Å². The van der Waals surface area contributed by atoms with Gasteiger partial charge in [0.25, 0.3) is 0 Å². The summed E-state index contributed by atoms with van der Waals surface area (Å²) < 4.78 is 95.4. The fraction of sp³-hybridized carbons (Fsp3) is 0.577. The number of alkyl halides is 7. The van der Waals surface area contributed by atoms with E-state index in [-0.39, 0.29) is 29.9 Å². The van der Waals surface area contributed by atoms with Gasteiger partial charge in [-0.3, -0.25) is 4.90 Å². The third-order valence-electron chi connectivity index (χ3n) is 7.09. The topological polar surface area (TPSA) is 20.3 Å². The fourth-order valence-electron chi connectivity index (χ4n) is 5.36. The number of carbonyl (C=O) groups excluding carboxylic acids is 1. The van der Waals surface area contributed by atoms with Crippen molar-refractivity contribution < 1.29 is 35.5 Å². The summed E-state index contributed by atoms with van der Waals surface area (Å²) in [6.45, 7) is 1.53. The number of hydrogen-bond donors (Lipinski definition) is 0. The Labute approximate surface area is 200 Å². The number of hydrogen-bond acceptors (Lipinski definition) is 2. The number of benzene rings is 1. The first-order valence-electron chi connectivity index (χ1n) is 11.9. The lowest BCUT2D eigenvalue weighted by Crippen LogP contribution is -2.48. The predicted molar refractivity (Wildman–Crippen MR) is 119 cm³/mol. The SMILES string of the molecule is CCC[C@H](c1cc(C(F)(F)F)ccc1C(F)(F)F)N1CC[C@H](CC=O)C[C@@H]1C1C=CC(CF)=CC1. The van der Waals surface area contributed by atoms with Crippen molar-refractivity contribution >= 4 is 6.29 Å². The maximum absolute atomic E-state index is 13.9. The van der Waals surface area contributed by atoms with Crippen molar-refractivity contribution in [2.24, 2.45) is 11.8 Å². The lowest BCUT2D eigenvalue weighted by Gasteiger charge is -2.47. The highest BCUT2D eigenvalue weighted by molar-refractivity contribution is 5.49. The monoisotopic (exact) mass is 505 g/mol. The molecular formula is C26H30F7NO. The number of allylic oxidation sites excluding steroid dienone is 3. The Hall–Kier alpha value is -2.16. The molecule has 0 radical (unpaired) electrons. The van der Waals surface area contributed by atoms with Gasteiger partial charge in [0.1, 0.15) is 13.0 Å². The highest BCUT2D eigenvalue weighted by Gasteiger charge is 2.42. The summed E-state index contributed by atoms with van der Waals surface area (Å²) in [5, 5.41) is 0. The van der Waals surface area contributed by atoms with E-state index in [0.717, 1.165) is 6.29 Å². The summed E-state index contributed by atoms with van der Waals surface area (Å²) in [5.41, 5.74) is -2.01. The molecule has 1 fully saturated rings. The Balaban J connectivity index is 2.07. The first-order valence-corrected chi connectivity index (χ1v) is 11.9. The molecule has 3 rings (SSSR count). The van der Waals surface area contributed by atoms with E-state index in [1.807, 2.05) is 11.0 Å². The third kappa shape index (κ3) is 6.54. The summed E-state index contributed by atoms with van der Waals surface area (Å²) in [6.07, 6.45) is -0.852. The minimum absolute atomic E-state index is 0.0413. The van der Waals surface area contributed by atoms with Crippen LogP contribution in [0, 0.1) is 11.8 Å². The van der Waals surface area contributed by atoms with E-state index >= 15 is 0 Å². The minimum Gasteiger partial charge on any atom is -0.303 e. The van der Waals surface area contributed by atoms with Gasteiger partial charge in [-0.05, 0) is 73.4 Å². The van der Waals surface area contributed by atoms with Crippen LogP contribution >= 0.6 is 0 Å². The van der Waals surface area contributed by atoms with Gasteiger partial charge in [0.2, 0.25) is 0 Å². The van der Waals surface area contributed by atoms with Crippen LogP contribution in [0.3, 0.4) is 0 Å². The van der Waals surface area contributed by atoms with Gasteiger partial charge < -0.3 is 4.79 Å². The molecule has 2 aliphatic rings. The molecule has 1 aliphatic heterocycles. The van der Waals surface area contributed by atoms with Crippen LogP contribution in [0.5, 0.6) is 0 Å². The van der Waals surface area contributed by atoms with Gasteiger partial charge in [-0.2, -0.15) is 26.3 Å². The molecule has 1 unspecified atom stereocenters. The summed E-state index contributed by atoms with van der Waals surface area (Å²) >= 11 is 0. The highest BCUT2D eigenvalue weighted by Crippen LogP contribution is 2.45. The standard InChI is InChI=1S/C26H30F7NO/c1-2-3-23(21-15-20(25(28,29)30)8-9-22(21)26(31,32)33)34-12-10-17(11-13-35)14-24(34)19-6-4-18(16-27)5-7-19/h4-6,8-9,13,15,17,19,23-24H,2-3,7,10-12,14,16H2,1H3/t17-,19?,23-,24-/m1/s1. The molecule has 0 saturated carbocycles. The Kier molecular flexibility index (Phi) is 8.83. The molecule has 0 aromatic heterocycles. The number of piperidine rings is 1. The van der Waals surface area contributed by atoms with Crippen LogP contribution in [0.25, 0.3) is 0 Å². The van der Waals surface area contributed by atoms with Crippen LogP contribution in [0.1, 0.15) is 68.2 Å². The number of carbonyl (C=O) groups is 1. The molecule has 0 spiro atoms. The number of halogens is 7. The van der Waals surface area contributed by atoms with E-state index in [4.69, 9.17) is 0 Å². The smallest absolute Gasteiger partial charge is 0.303 e. The average Bonchev–Trinajstić information content (AvgIpc) is 2.81. The highest BCUT2D eigenvalue weighted by atomic mass is 19.4. The number of nitrogens with zero attached hydrogens (tertiary/aromatic N) is 1. The molecule has 2 nitrogen and oxygen atoms in total. The summed E-state index contributed by atoms with van der Waals surface area (Å²) in [4.78, 5) is 13.1. The van der Waals surface area contributed by atoms with Crippen molar-refractivity contribution in [1.29, 1.82) is 0 Å². The number of likely N-dealkylation sites (tertiary alicyclic amines) is 1. The number of rotatable bonds is 8. The van der Waals surface area contributed by atoms with Gasteiger partial charge >= 0.3 is 12.4 Å². The molecule has 1 saturated heterocycles. The molecule has 1 aromatic carbocycles. The second-order valence-electron chi connectivity index (χ2n) is 9.37. The van der Waals surface area contributed by atoms with Gasteiger partial charge in [-0.15, -0.1) is 0 Å². The van der Waals surface area contributed by atoms with Gasteiger partial charge in [0.05, 0.1) is 11.1 Å². The Morgan fingerprint density at radius 2 is 1.89 bits per heavy atom. The maximum Gasteiger partial charge on any atom is 0.416 e. The van der Waals surface area contributed by atoms with Crippen LogP contribution in [0.4, 0.5) is 30.7 Å². The van der Waals surface area contributed by atoms with Gasteiger partial charge in [0.15, 0.2) is 0 Å². The lowest BCUT2D eigenvalue weighted by molar-refractivity contribution is -0.142. The van der Waals surface area contributed by atoms with E-state index in [0.29, 0.717) is 62.4 Å². The summed E-state index contributed by atoms with van der Waals surface area (Å²) in [7, 11) is 0. The first kappa shape index (κ1) is 27.4. The van der Waals surface area contributed by atoms with Crippen LogP contribution in [0.15, 0.2) is 42.0 Å². The quantitative estimate of drug-likeness (QED) is 0.266. The zero-order valence-corrected chi connectivity index (χ0v) is 19.5. The van der Waals surface area contributed by atoms with Crippen LogP contribution in [0.2, 0.25) is 0 Å². The van der Waals surface area contributed by atoms with Crippen molar-refractivity contribution in [3.8, 4) is 0 Å². The molecule has 35 heavy (non-hydrogen) atoms. The Bertz CT molecular complexity index is 935. The molecule has 0 N–H and O–H groups in total. The zero-order valence-electron chi connectivity index (χ0n) is 19.5. The van der Waals surface area contributed by atoms with Crippen molar-refractivity contribution in [1.82, 2.24) is 4.90 Å². The normalized spacial score (nSPS) is 24.8. The van der Waals surface area contributed by atoms with Crippen molar-refractivity contribution in [2.75, 3.05) is 13.2 Å². The van der Waals surface area contributed by atoms with Crippen molar-refractivity contribution in [3.05, 3.63) is 58.7 Å². The zero-order chi connectivity index (χ0) is 25.8. The average molecular weight is 506 g/mol. The van der Waals surface area contributed by atoms with Crippen LogP contribution < -0.4 is 0 Å². The van der Waals surface area contributed by atoms with E-state index in [2.05, 4.69) is 0 Å². The molecule has 1 aromatic rings. The Morgan fingerprint density at radius 1 is 1.14 bits per heavy atom. The predicted octanol–water partition coefficient (Wildman–Crippen LogP) is 7.71. The van der Waals surface area contributed by atoms with Gasteiger partial charge in [0, 0.05) is 18.5 Å². The second-order valence-corrected chi connectivity index (χ2v) is 9.37. The van der Waals surface area contributed by atoms with Crippen molar-refractivity contribution in [2.45, 2.75) is 69.9 Å².